The van der Waals surface area contributed by atoms with Crippen LogP contribution in [0.25, 0.3) is 0 Å². The maximum atomic E-state index is 5.11. The molecule has 0 aliphatic heterocycles. The molecule has 0 aliphatic rings. The van der Waals surface area contributed by atoms with Crippen LogP contribution in [0, 0.1) is 0 Å². The Labute approximate surface area is 139 Å². The van der Waals surface area contributed by atoms with E-state index in [2.05, 4.69) is 25.7 Å². The smallest absolute Gasteiger partial charge is 0.0638 e. The average molecular weight is 310 g/mol. The second-order valence-electron chi connectivity index (χ2n) is 6.23. The van der Waals surface area contributed by atoms with E-state index in [-0.39, 0.29) is 0 Å². The molecule has 0 atom stereocenters. The van der Waals surface area contributed by atoms with Crippen LogP contribution in [-0.4, -0.2) is 19.2 Å². The van der Waals surface area contributed by atoms with Gasteiger partial charge in [-0.25, -0.2) is 0 Å². The fraction of sp³-hybridized carbons (Fsp3) is 0.800. The summed E-state index contributed by atoms with van der Waals surface area (Å²) in [5.41, 5.74) is 1.07. The summed E-state index contributed by atoms with van der Waals surface area (Å²) in [5.74, 6) is 0. The number of hydrogen-bond acceptors (Lipinski definition) is 2. The predicted molar refractivity (Wildman–Crippen MR) is 98.7 cm³/mol. The van der Waals surface area contributed by atoms with E-state index in [4.69, 9.17) is 4.84 Å². The van der Waals surface area contributed by atoms with Crippen molar-refractivity contribution in [3.63, 3.8) is 0 Å². The summed E-state index contributed by atoms with van der Waals surface area (Å²) in [6.07, 6.45) is 21.8. The van der Waals surface area contributed by atoms with E-state index in [1.54, 1.807) is 12.2 Å². The summed E-state index contributed by atoms with van der Waals surface area (Å²) >= 11 is 0. The lowest BCUT2D eigenvalue weighted by atomic mass is 10.1. The van der Waals surface area contributed by atoms with E-state index in [1.165, 1.54) is 77.0 Å². The first-order valence-corrected chi connectivity index (χ1v) is 9.33. The summed E-state index contributed by atoms with van der Waals surface area (Å²) in [6, 6.07) is 0. The molecule has 0 bridgehead atoms. The van der Waals surface area contributed by atoms with Gasteiger partial charge in [0.25, 0.3) is 0 Å². The predicted octanol–water partition coefficient (Wildman–Crippen LogP) is 6.64. The second kappa shape index (κ2) is 16.6. The summed E-state index contributed by atoms with van der Waals surface area (Å²) in [4.78, 5) is 5.11. The van der Waals surface area contributed by atoms with E-state index >= 15 is 0 Å². The van der Waals surface area contributed by atoms with Crippen molar-refractivity contribution in [2.45, 2.75) is 90.4 Å². The number of allylic oxidation sites excluding steroid dienone is 3. The van der Waals surface area contributed by atoms with Crippen molar-refractivity contribution >= 4 is 0 Å². The zero-order chi connectivity index (χ0) is 16.5. The van der Waals surface area contributed by atoms with Crippen molar-refractivity contribution in [2.24, 2.45) is 0 Å². The van der Waals surface area contributed by atoms with Crippen LogP contribution in [0.15, 0.2) is 24.4 Å². The molecule has 0 aromatic carbocycles. The highest BCUT2D eigenvalue weighted by Crippen LogP contribution is 2.13. The number of unbranched alkanes of at least 4 members (excludes halogenated alkanes) is 10. The van der Waals surface area contributed by atoms with Crippen molar-refractivity contribution in [3.8, 4) is 0 Å². The Morgan fingerprint density at radius 3 is 1.91 bits per heavy atom. The molecular weight excluding hydrogens is 270 g/mol. The number of hydroxylamine groups is 2. The second-order valence-corrected chi connectivity index (χ2v) is 6.23. The average Bonchev–Trinajstić information content (AvgIpc) is 2.54. The maximum Gasteiger partial charge on any atom is 0.0638 e. The van der Waals surface area contributed by atoms with Gasteiger partial charge >= 0.3 is 0 Å². The minimum absolute atomic E-state index is 1.04. The first kappa shape index (κ1) is 21.2. The van der Waals surface area contributed by atoms with Crippen molar-refractivity contribution in [2.75, 3.05) is 14.2 Å². The number of nitrogens with zero attached hydrogens (tertiary/aromatic N) is 1. The first-order chi connectivity index (χ1) is 10.7. The van der Waals surface area contributed by atoms with Crippen molar-refractivity contribution in [1.29, 1.82) is 0 Å². The lowest BCUT2D eigenvalue weighted by molar-refractivity contribution is -0.0796. The fourth-order valence-electron chi connectivity index (χ4n) is 2.51. The molecule has 0 aromatic rings. The van der Waals surface area contributed by atoms with Gasteiger partial charge in [-0.05, 0) is 38.5 Å². The molecule has 0 fully saturated rings. The molecule has 0 rings (SSSR count). The zero-order valence-electron chi connectivity index (χ0n) is 15.4. The first-order valence-electron chi connectivity index (χ1n) is 9.33. The quantitative estimate of drug-likeness (QED) is 0.180. The van der Waals surface area contributed by atoms with E-state index in [1.807, 2.05) is 7.05 Å². The van der Waals surface area contributed by atoms with Crippen LogP contribution in [0.5, 0.6) is 0 Å². The summed E-state index contributed by atoms with van der Waals surface area (Å²) in [5, 5.41) is 1.76. The van der Waals surface area contributed by atoms with Gasteiger partial charge in [-0.3, -0.25) is 9.90 Å². The van der Waals surface area contributed by atoms with Gasteiger partial charge in [-0.1, -0.05) is 70.6 Å². The Morgan fingerprint density at radius 1 is 0.864 bits per heavy atom. The maximum absolute atomic E-state index is 5.11. The van der Waals surface area contributed by atoms with Crippen LogP contribution in [0.1, 0.15) is 90.4 Å². The zero-order valence-corrected chi connectivity index (χ0v) is 15.4. The Balaban J connectivity index is 3.21. The summed E-state index contributed by atoms with van der Waals surface area (Å²) in [6.45, 7) is 6.29. The lowest BCUT2D eigenvalue weighted by Crippen LogP contribution is -2.14. The largest absolute Gasteiger partial charge is 0.277 e. The molecule has 0 heterocycles. The van der Waals surface area contributed by atoms with Crippen LogP contribution in [0.3, 0.4) is 0 Å². The van der Waals surface area contributed by atoms with Gasteiger partial charge in [-0.2, -0.15) is 0 Å². The molecule has 0 aliphatic carbocycles. The van der Waals surface area contributed by atoms with Crippen LogP contribution in [-0.2, 0) is 4.84 Å². The summed E-state index contributed by atoms with van der Waals surface area (Å²) < 4.78 is 0. The van der Waals surface area contributed by atoms with Crippen LogP contribution in [0.4, 0.5) is 0 Å². The molecule has 0 radical (unpaired) electrons. The third kappa shape index (κ3) is 14.2. The minimum atomic E-state index is 1.04. The Bertz CT molecular complexity index is 273. The molecule has 0 spiro atoms. The van der Waals surface area contributed by atoms with Gasteiger partial charge in [-0.15, -0.1) is 0 Å². The molecule has 0 saturated carbocycles. The lowest BCUT2D eigenvalue weighted by Gasteiger charge is -2.18. The third-order valence-corrected chi connectivity index (χ3v) is 4.20. The highest BCUT2D eigenvalue weighted by atomic mass is 16.7. The molecule has 2 nitrogen and oxygen atoms in total. The van der Waals surface area contributed by atoms with Crippen LogP contribution < -0.4 is 0 Å². The normalized spacial score (nSPS) is 11.2. The van der Waals surface area contributed by atoms with Crippen molar-refractivity contribution in [1.82, 2.24) is 5.06 Å². The molecule has 0 aromatic heterocycles. The van der Waals surface area contributed by atoms with Crippen molar-refractivity contribution < 1.29 is 4.84 Å². The molecular formula is C20H39NO. The van der Waals surface area contributed by atoms with Gasteiger partial charge in [0.2, 0.25) is 0 Å². The molecule has 0 unspecified atom stereocenters. The molecule has 0 N–H and O–H groups in total. The standard InChI is InChI=1S/C20H39NO/c1-5-6-7-8-9-10-11-12-13-14-15-16-17-18-19-20(2)21(3)22-4/h11-12H,2,5-10,13-19H2,1,3-4H3/b12-11+. The monoisotopic (exact) mass is 309 g/mol. The Morgan fingerprint density at radius 2 is 1.36 bits per heavy atom. The van der Waals surface area contributed by atoms with Gasteiger partial charge in [0.05, 0.1) is 7.11 Å². The Hall–Kier alpha value is -0.760. The molecule has 0 saturated heterocycles. The minimum Gasteiger partial charge on any atom is -0.277 e. The van der Waals surface area contributed by atoms with Gasteiger partial charge in [0.15, 0.2) is 0 Å². The topological polar surface area (TPSA) is 12.5 Å². The Kier molecular flexibility index (Phi) is 16.0. The van der Waals surface area contributed by atoms with Crippen molar-refractivity contribution in [3.05, 3.63) is 24.4 Å². The highest BCUT2D eigenvalue weighted by Gasteiger charge is 1.99. The van der Waals surface area contributed by atoms with E-state index in [0.29, 0.717) is 0 Å². The van der Waals surface area contributed by atoms with Gasteiger partial charge in [0.1, 0.15) is 0 Å². The van der Waals surface area contributed by atoms with Crippen LogP contribution in [0.2, 0.25) is 0 Å². The SMILES string of the molecule is C=C(CCCCCCC/C=C/CCCCCCC)N(C)OC. The fourth-order valence-corrected chi connectivity index (χ4v) is 2.51. The highest BCUT2D eigenvalue weighted by molar-refractivity contribution is 4.88. The van der Waals surface area contributed by atoms with Gasteiger partial charge in [0, 0.05) is 12.7 Å². The van der Waals surface area contributed by atoms with E-state index in [9.17, 15) is 0 Å². The molecule has 22 heavy (non-hydrogen) atoms. The molecule has 0 amide bonds. The van der Waals surface area contributed by atoms with E-state index in [0.717, 1.165) is 12.1 Å². The molecule has 130 valence electrons. The van der Waals surface area contributed by atoms with E-state index < -0.39 is 0 Å². The number of rotatable bonds is 16. The summed E-state index contributed by atoms with van der Waals surface area (Å²) in [7, 11) is 3.60. The van der Waals surface area contributed by atoms with Crippen LogP contribution >= 0.6 is 0 Å². The van der Waals surface area contributed by atoms with Gasteiger partial charge < -0.3 is 0 Å². The third-order valence-electron chi connectivity index (χ3n) is 4.20. The molecule has 2 heteroatoms. The number of hydrogen-bond donors (Lipinski definition) is 0.